The fraction of sp³-hybridized carbons (Fsp3) is 0.118. The molecule has 6 nitrogen and oxygen atoms in total. The summed E-state index contributed by atoms with van der Waals surface area (Å²) in [7, 11) is 2.97. The van der Waals surface area contributed by atoms with Crippen LogP contribution in [-0.2, 0) is 0 Å². The smallest absolute Gasteiger partial charge is 0.241 e. The molecule has 0 unspecified atom stereocenters. The second kappa shape index (κ2) is 6.86. The summed E-state index contributed by atoms with van der Waals surface area (Å²) in [6.45, 7) is 0. The Morgan fingerprint density at radius 2 is 2.12 bits per heavy atom. The molecule has 3 aromatic rings. The number of benzene rings is 1. The molecule has 0 fully saturated rings. The van der Waals surface area contributed by atoms with Crippen molar-refractivity contribution in [1.82, 2.24) is 9.97 Å². The maximum absolute atomic E-state index is 13.6. The molecule has 0 amide bonds. The van der Waals surface area contributed by atoms with Gasteiger partial charge in [-0.2, -0.15) is 0 Å². The van der Waals surface area contributed by atoms with Crippen LogP contribution in [0.4, 0.5) is 4.39 Å². The third kappa shape index (κ3) is 2.80. The lowest BCUT2D eigenvalue weighted by Crippen LogP contribution is -2.02. The highest BCUT2D eigenvalue weighted by Gasteiger charge is 2.22. The second-order valence-electron chi connectivity index (χ2n) is 4.99. The number of rotatable bonds is 5. The first kappa shape index (κ1) is 16.8. The van der Waals surface area contributed by atoms with Crippen molar-refractivity contribution in [2.75, 3.05) is 14.2 Å². The summed E-state index contributed by atoms with van der Waals surface area (Å²) >= 11 is 1.39. The average Bonchev–Trinajstić information content (AvgIpc) is 3.12. The SMILES string of the molecule is COc1cc(F)ccc1-c1c(/C(C=N)=C/N)nc(OC)c2ncsc12. The molecule has 1 aromatic carbocycles. The molecule has 0 spiro atoms. The van der Waals surface area contributed by atoms with Gasteiger partial charge in [-0.05, 0) is 12.1 Å². The summed E-state index contributed by atoms with van der Waals surface area (Å²) < 4.78 is 25.1. The van der Waals surface area contributed by atoms with Gasteiger partial charge in [0, 0.05) is 35.2 Å². The number of methoxy groups -OCH3 is 2. The van der Waals surface area contributed by atoms with Crippen LogP contribution >= 0.6 is 11.3 Å². The molecule has 8 heteroatoms. The lowest BCUT2D eigenvalue weighted by atomic mass is 9.98. The number of aromatic nitrogens is 2. The molecule has 25 heavy (non-hydrogen) atoms. The van der Waals surface area contributed by atoms with Crippen LogP contribution in [0.2, 0.25) is 0 Å². The van der Waals surface area contributed by atoms with Crippen molar-refractivity contribution in [1.29, 1.82) is 5.41 Å². The second-order valence-corrected chi connectivity index (χ2v) is 5.84. The van der Waals surface area contributed by atoms with Crippen molar-refractivity contribution in [3.05, 3.63) is 41.4 Å². The van der Waals surface area contributed by atoms with Crippen molar-refractivity contribution < 1.29 is 13.9 Å². The van der Waals surface area contributed by atoms with E-state index in [-0.39, 0.29) is 0 Å². The molecule has 0 bridgehead atoms. The molecule has 0 aliphatic rings. The molecule has 0 aliphatic heterocycles. The lowest BCUT2D eigenvalue weighted by molar-refractivity contribution is 0.402. The Labute approximate surface area is 147 Å². The van der Waals surface area contributed by atoms with Crippen LogP contribution in [0.3, 0.4) is 0 Å². The number of nitrogens with one attached hydrogen (secondary N) is 1. The molecule has 0 saturated heterocycles. The van der Waals surface area contributed by atoms with E-state index in [1.165, 1.54) is 43.9 Å². The standard InChI is InChI=1S/C17H15FN4O2S/c1-23-12-5-10(18)3-4-11(12)13-14(9(6-19)7-20)22-17(24-2)15-16(13)25-8-21-15/h3-8,19H,20H2,1-2H3/b9-7+,19-6?. The Bertz CT molecular complexity index is 984. The number of halogens is 1. The maximum Gasteiger partial charge on any atom is 0.241 e. The molecule has 0 aliphatic carbocycles. The monoisotopic (exact) mass is 358 g/mol. The number of allylic oxidation sites excluding steroid dienone is 1. The van der Waals surface area contributed by atoms with Crippen LogP contribution in [0.25, 0.3) is 26.9 Å². The van der Waals surface area contributed by atoms with E-state index in [4.69, 9.17) is 20.6 Å². The molecular formula is C17H15FN4O2S. The van der Waals surface area contributed by atoms with Crippen molar-refractivity contribution in [3.63, 3.8) is 0 Å². The summed E-state index contributed by atoms with van der Waals surface area (Å²) in [5, 5.41) is 7.63. The number of hydrogen-bond donors (Lipinski definition) is 2. The number of nitrogens with two attached hydrogens (primary N) is 1. The van der Waals surface area contributed by atoms with Gasteiger partial charge >= 0.3 is 0 Å². The first-order chi connectivity index (χ1) is 12.1. The molecular weight excluding hydrogens is 343 g/mol. The van der Waals surface area contributed by atoms with Crippen LogP contribution in [0, 0.1) is 11.2 Å². The van der Waals surface area contributed by atoms with E-state index in [2.05, 4.69) is 9.97 Å². The van der Waals surface area contributed by atoms with Crippen LogP contribution in [0.5, 0.6) is 11.6 Å². The zero-order chi connectivity index (χ0) is 18.0. The number of thiazole rings is 1. The zero-order valence-electron chi connectivity index (χ0n) is 13.5. The molecule has 128 valence electrons. The topological polar surface area (TPSA) is 94.1 Å². The summed E-state index contributed by atoms with van der Waals surface area (Å²) in [6, 6.07) is 4.25. The molecule has 3 N–H and O–H groups in total. The number of hydrogen-bond acceptors (Lipinski definition) is 7. The number of fused-ring (bicyclic) bond motifs is 1. The van der Waals surface area contributed by atoms with E-state index >= 15 is 0 Å². The number of ether oxygens (including phenoxy) is 2. The van der Waals surface area contributed by atoms with Crippen LogP contribution in [-0.4, -0.2) is 30.4 Å². The van der Waals surface area contributed by atoms with Gasteiger partial charge in [0.15, 0.2) is 0 Å². The summed E-state index contributed by atoms with van der Waals surface area (Å²) in [6.07, 6.45) is 2.40. The third-order valence-electron chi connectivity index (χ3n) is 3.68. The van der Waals surface area contributed by atoms with E-state index in [1.54, 1.807) is 11.6 Å². The van der Waals surface area contributed by atoms with Crippen molar-refractivity contribution >= 4 is 33.3 Å². The molecule has 3 rings (SSSR count). The molecule has 0 radical (unpaired) electrons. The van der Waals surface area contributed by atoms with Gasteiger partial charge in [-0.1, -0.05) is 0 Å². The predicted molar refractivity (Wildman–Crippen MR) is 96.9 cm³/mol. The number of nitrogens with zero attached hydrogens (tertiary/aromatic N) is 2. The highest BCUT2D eigenvalue weighted by atomic mass is 32.1. The minimum Gasteiger partial charge on any atom is -0.496 e. The minimum atomic E-state index is -0.411. The fourth-order valence-corrected chi connectivity index (χ4v) is 3.40. The highest BCUT2D eigenvalue weighted by Crippen LogP contribution is 2.43. The summed E-state index contributed by atoms with van der Waals surface area (Å²) in [4.78, 5) is 8.79. The molecule has 2 aromatic heterocycles. The Hall–Kier alpha value is -3.00. The quantitative estimate of drug-likeness (QED) is 0.681. The van der Waals surface area contributed by atoms with Gasteiger partial charge in [-0.15, -0.1) is 11.3 Å². The Morgan fingerprint density at radius 3 is 2.76 bits per heavy atom. The van der Waals surface area contributed by atoms with Gasteiger partial charge in [-0.3, -0.25) is 0 Å². The first-order valence-corrected chi connectivity index (χ1v) is 8.10. The van der Waals surface area contributed by atoms with E-state index < -0.39 is 5.82 Å². The normalized spacial score (nSPS) is 11.6. The molecule has 0 saturated carbocycles. The van der Waals surface area contributed by atoms with E-state index in [9.17, 15) is 4.39 Å². The third-order valence-corrected chi connectivity index (χ3v) is 4.53. The Balaban J connectivity index is 2.46. The van der Waals surface area contributed by atoms with E-state index in [1.807, 2.05) is 0 Å². The van der Waals surface area contributed by atoms with Gasteiger partial charge < -0.3 is 20.6 Å². The first-order valence-electron chi connectivity index (χ1n) is 7.22. The van der Waals surface area contributed by atoms with Gasteiger partial charge in [0.1, 0.15) is 17.1 Å². The minimum absolute atomic E-state index is 0.331. The van der Waals surface area contributed by atoms with Crippen LogP contribution in [0.15, 0.2) is 29.9 Å². The Kier molecular flexibility index (Phi) is 4.62. The van der Waals surface area contributed by atoms with E-state index in [0.717, 1.165) is 10.9 Å². The lowest BCUT2D eigenvalue weighted by Gasteiger charge is -2.15. The predicted octanol–water partition coefficient (Wildman–Crippen LogP) is 3.46. The average molecular weight is 358 g/mol. The highest BCUT2D eigenvalue weighted by molar-refractivity contribution is 7.17. The van der Waals surface area contributed by atoms with Crippen molar-refractivity contribution in [2.45, 2.75) is 0 Å². The summed E-state index contributed by atoms with van der Waals surface area (Å²) in [5.74, 6) is 0.271. The van der Waals surface area contributed by atoms with Crippen LogP contribution < -0.4 is 15.2 Å². The van der Waals surface area contributed by atoms with Crippen molar-refractivity contribution in [3.8, 4) is 22.8 Å². The van der Waals surface area contributed by atoms with Gasteiger partial charge in [0.25, 0.3) is 0 Å². The van der Waals surface area contributed by atoms with Gasteiger partial charge in [-0.25, -0.2) is 14.4 Å². The van der Waals surface area contributed by atoms with Gasteiger partial charge in [0.2, 0.25) is 5.88 Å². The molecule has 2 heterocycles. The van der Waals surface area contributed by atoms with Crippen molar-refractivity contribution in [2.24, 2.45) is 5.73 Å². The number of pyridine rings is 1. The maximum atomic E-state index is 13.6. The fourth-order valence-electron chi connectivity index (χ4n) is 2.56. The van der Waals surface area contributed by atoms with E-state index in [0.29, 0.717) is 39.5 Å². The largest absolute Gasteiger partial charge is 0.496 e. The van der Waals surface area contributed by atoms with Gasteiger partial charge in [0.05, 0.1) is 30.1 Å². The molecule has 0 atom stereocenters. The van der Waals surface area contributed by atoms with Crippen LogP contribution in [0.1, 0.15) is 5.69 Å². The summed E-state index contributed by atoms with van der Waals surface area (Å²) in [5.41, 5.74) is 10.1. The Morgan fingerprint density at radius 1 is 1.32 bits per heavy atom. The zero-order valence-corrected chi connectivity index (χ0v) is 14.4.